The summed E-state index contributed by atoms with van der Waals surface area (Å²) >= 11 is 0. The highest BCUT2D eigenvalue weighted by atomic mass is 35.5. The fourth-order valence-corrected chi connectivity index (χ4v) is 2.43. The second kappa shape index (κ2) is 6.78. The van der Waals surface area contributed by atoms with Gasteiger partial charge >= 0.3 is 0 Å². The first-order valence-corrected chi connectivity index (χ1v) is 6.29. The van der Waals surface area contributed by atoms with E-state index in [1.54, 1.807) is 13.2 Å². The summed E-state index contributed by atoms with van der Waals surface area (Å²) in [6.45, 7) is 5.70. The van der Waals surface area contributed by atoms with Gasteiger partial charge in [0.1, 0.15) is 5.75 Å². The highest BCUT2D eigenvalue weighted by molar-refractivity contribution is 5.94. The van der Waals surface area contributed by atoms with E-state index in [4.69, 9.17) is 4.74 Å². The molecule has 1 aliphatic rings. The lowest BCUT2D eigenvalue weighted by Gasteiger charge is -2.36. The van der Waals surface area contributed by atoms with E-state index in [1.807, 2.05) is 23.1 Å². The Hall–Kier alpha value is -1.26. The lowest BCUT2D eigenvalue weighted by Crippen LogP contribution is -2.55. The van der Waals surface area contributed by atoms with Crippen molar-refractivity contribution < 1.29 is 9.53 Å². The summed E-state index contributed by atoms with van der Waals surface area (Å²) in [6.07, 6.45) is 0. The Morgan fingerprint density at radius 3 is 2.53 bits per heavy atom. The van der Waals surface area contributed by atoms with Crippen molar-refractivity contribution >= 4 is 18.3 Å². The molecule has 1 aliphatic heterocycles. The Morgan fingerprint density at radius 2 is 1.95 bits per heavy atom. The Balaban J connectivity index is 0.00000180. The number of hydrogen-bond donors (Lipinski definition) is 1. The van der Waals surface area contributed by atoms with E-state index in [2.05, 4.69) is 19.2 Å². The highest BCUT2D eigenvalue weighted by Gasteiger charge is 2.25. The van der Waals surface area contributed by atoms with Crippen LogP contribution in [0.5, 0.6) is 5.75 Å². The molecule has 1 heterocycles. The van der Waals surface area contributed by atoms with E-state index in [9.17, 15) is 4.79 Å². The van der Waals surface area contributed by atoms with Crippen molar-refractivity contribution in [3.63, 3.8) is 0 Å². The number of benzene rings is 1. The maximum Gasteiger partial charge on any atom is 0.254 e. The van der Waals surface area contributed by atoms with Crippen LogP contribution in [0.25, 0.3) is 0 Å². The molecule has 2 rings (SSSR count). The number of rotatable bonds is 2. The van der Waals surface area contributed by atoms with E-state index in [0.717, 1.165) is 18.8 Å². The normalized spacial score (nSPS) is 22.6. The van der Waals surface area contributed by atoms with E-state index >= 15 is 0 Å². The Kier molecular flexibility index (Phi) is 5.63. The fourth-order valence-electron chi connectivity index (χ4n) is 2.43. The number of methoxy groups -OCH3 is 1. The van der Waals surface area contributed by atoms with Crippen molar-refractivity contribution in [2.24, 2.45) is 0 Å². The van der Waals surface area contributed by atoms with Crippen LogP contribution in [0.4, 0.5) is 0 Å². The zero-order valence-electron chi connectivity index (χ0n) is 11.6. The molecule has 0 radical (unpaired) electrons. The van der Waals surface area contributed by atoms with Gasteiger partial charge in [0, 0.05) is 30.7 Å². The van der Waals surface area contributed by atoms with Crippen LogP contribution in [0.2, 0.25) is 0 Å². The van der Waals surface area contributed by atoms with Crippen molar-refractivity contribution in [1.29, 1.82) is 0 Å². The number of amides is 1. The maximum atomic E-state index is 12.4. The highest BCUT2D eigenvalue weighted by Crippen LogP contribution is 2.16. The van der Waals surface area contributed by atoms with Gasteiger partial charge in [0.25, 0.3) is 5.91 Å². The summed E-state index contributed by atoms with van der Waals surface area (Å²) in [5.41, 5.74) is 0.690. The van der Waals surface area contributed by atoms with Gasteiger partial charge in [-0.25, -0.2) is 0 Å². The number of nitrogens with zero attached hydrogens (tertiary/aromatic N) is 1. The van der Waals surface area contributed by atoms with Gasteiger partial charge in [0.15, 0.2) is 0 Å². The molecule has 19 heavy (non-hydrogen) atoms. The summed E-state index contributed by atoms with van der Waals surface area (Å²) in [7, 11) is 1.61. The van der Waals surface area contributed by atoms with Gasteiger partial charge < -0.3 is 15.0 Å². The third-order valence-electron chi connectivity index (χ3n) is 3.16. The van der Waals surface area contributed by atoms with E-state index in [-0.39, 0.29) is 18.3 Å². The predicted molar refractivity (Wildman–Crippen MR) is 78.2 cm³/mol. The van der Waals surface area contributed by atoms with E-state index in [0.29, 0.717) is 17.6 Å². The number of carbonyl (C=O) groups excluding carboxylic acids is 1. The van der Waals surface area contributed by atoms with Gasteiger partial charge in [-0.3, -0.25) is 4.79 Å². The van der Waals surface area contributed by atoms with Crippen LogP contribution in [-0.2, 0) is 0 Å². The largest absolute Gasteiger partial charge is 0.497 e. The molecule has 1 N–H and O–H groups in total. The summed E-state index contributed by atoms with van der Waals surface area (Å²) < 4.78 is 5.15. The van der Waals surface area contributed by atoms with Gasteiger partial charge in [-0.05, 0) is 32.0 Å². The standard InChI is InChI=1S/C14H20N2O2.ClH/c1-10-8-16(9-11(2)15-10)14(17)12-5-4-6-13(7-12)18-3;/h4-7,10-11,15H,8-9H2,1-3H3;1H. The first-order valence-electron chi connectivity index (χ1n) is 6.29. The first kappa shape index (κ1) is 15.8. The monoisotopic (exact) mass is 284 g/mol. The van der Waals surface area contributed by atoms with Gasteiger partial charge in [0.05, 0.1) is 7.11 Å². The SMILES string of the molecule is COc1cccc(C(=O)N2CC(C)NC(C)C2)c1.Cl. The maximum absolute atomic E-state index is 12.4. The minimum atomic E-state index is 0. The van der Waals surface area contributed by atoms with Crippen molar-refractivity contribution in [3.8, 4) is 5.75 Å². The summed E-state index contributed by atoms with van der Waals surface area (Å²) in [5, 5.41) is 3.42. The molecule has 1 fully saturated rings. The van der Waals surface area contributed by atoms with E-state index in [1.165, 1.54) is 0 Å². The lowest BCUT2D eigenvalue weighted by molar-refractivity contribution is 0.0673. The van der Waals surface area contributed by atoms with Crippen molar-refractivity contribution in [1.82, 2.24) is 10.2 Å². The zero-order chi connectivity index (χ0) is 13.1. The molecule has 106 valence electrons. The van der Waals surface area contributed by atoms with Gasteiger partial charge in [-0.1, -0.05) is 6.07 Å². The predicted octanol–water partition coefficient (Wildman–Crippen LogP) is 1.94. The molecule has 2 atom stereocenters. The number of ether oxygens (including phenoxy) is 1. The number of halogens is 1. The molecule has 5 heteroatoms. The van der Waals surface area contributed by atoms with Gasteiger partial charge in [-0.2, -0.15) is 0 Å². The molecule has 0 aliphatic carbocycles. The molecule has 0 aromatic heterocycles. The molecule has 0 bridgehead atoms. The Morgan fingerprint density at radius 1 is 1.32 bits per heavy atom. The second-order valence-corrected chi connectivity index (χ2v) is 4.91. The quantitative estimate of drug-likeness (QED) is 0.902. The molecular formula is C14H21ClN2O2. The number of nitrogens with one attached hydrogen (secondary N) is 1. The summed E-state index contributed by atoms with van der Waals surface area (Å²) in [5.74, 6) is 0.797. The Bertz CT molecular complexity index is 429. The average molecular weight is 285 g/mol. The smallest absolute Gasteiger partial charge is 0.254 e. The molecule has 0 saturated carbocycles. The van der Waals surface area contributed by atoms with Crippen LogP contribution in [-0.4, -0.2) is 43.1 Å². The van der Waals surface area contributed by atoms with Crippen LogP contribution in [0, 0.1) is 0 Å². The van der Waals surface area contributed by atoms with Gasteiger partial charge in [0.2, 0.25) is 0 Å². The van der Waals surface area contributed by atoms with Crippen LogP contribution in [0.3, 0.4) is 0 Å². The summed E-state index contributed by atoms with van der Waals surface area (Å²) in [6, 6.07) is 8.00. The molecule has 0 spiro atoms. The van der Waals surface area contributed by atoms with Crippen LogP contribution in [0.15, 0.2) is 24.3 Å². The zero-order valence-corrected chi connectivity index (χ0v) is 12.4. The van der Waals surface area contributed by atoms with Crippen molar-refractivity contribution in [3.05, 3.63) is 29.8 Å². The molecular weight excluding hydrogens is 264 g/mol. The number of hydrogen-bond acceptors (Lipinski definition) is 3. The van der Waals surface area contributed by atoms with Crippen LogP contribution >= 0.6 is 12.4 Å². The topological polar surface area (TPSA) is 41.6 Å². The molecule has 1 amide bonds. The van der Waals surface area contributed by atoms with Crippen LogP contribution < -0.4 is 10.1 Å². The molecule has 1 aromatic carbocycles. The number of carbonyl (C=O) groups is 1. The molecule has 1 saturated heterocycles. The lowest BCUT2D eigenvalue weighted by atomic mass is 10.1. The Labute approximate surface area is 120 Å². The minimum Gasteiger partial charge on any atom is -0.497 e. The van der Waals surface area contributed by atoms with Crippen molar-refractivity contribution in [2.75, 3.05) is 20.2 Å². The van der Waals surface area contributed by atoms with Crippen molar-refractivity contribution in [2.45, 2.75) is 25.9 Å². The average Bonchev–Trinajstić information content (AvgIpc) is 2.37. The van der Waals surface area contributed by atoms with E-state index < -0.39 is 0 Å². The molecule has 2 unspecified atom stereocenters. The second-order valence-electron chi connectivity index (χ2n) is 4.91. The first-order chi connectivity index (χ1) is 8.60. The minimum absolute atomic E-state index is 0. The third kappa shape index (κ3) is 3.85. The molecule has 1 aromatic rings. The van der Waals surface area contributed by atoms with Crippen LogP contribution in [0.1, 0.15) is 24.2 Å². The van der Waals surface area contributed by atoms with Gasteiger partial charge in [-0.15, -0.1) is 12.4 Å². The third-order valence-corrected chi connectivity index (χ3v) is 3.16. The molecule has 4 nitrogen and oxygen atoms in total. The fraction of sp³-hybridized carbons (Fsp3) is 0.500. The summed E-state index contributed by atoms with van der Waals surface area (Å²) in [4.78, 5) is 14.3. The number of piperazine rings is 1.